The molecular formula is C18H28N2O4. The summed E-state index contributed by atoms with van der Waals surface area (Å²) < 4.78 is 10.9. The Bertz CT molecular complexity index is 542. The number of carbonyl (C=O) groups excluding carboxylic acids is 1. The maximum atomic E-state index is 12.3. The monoisotopic (exact) mass is 336 g/mol. The Morgan fingerprint density at radius 1 is 1.25 bits per heavy atom. The molecule has 6 nitrogen and oxygen atoms in total. The van der Waals surface area contributed by atoms with E-state index in [2.05, 4.69) is 4.90 Å². The fourth-order valence-corrected chi connectivity index (χ4v) is 2.73. The fourth-order valence-electron chi connectivity index (χ4n) is 2.73. The lowest BCUT2D eigenvalue weighted by atomic mass is 10.2. The van der Waals surface area contributed by atoms with Gasteiger partial charge in [-0.05, 0) is 31.0 Å². The molecule has 1 aromatic rings. The quantitative estimate of drug-likeness (QED) is 0.813. The lowest BCUT2D eigenvalue weighted by Gasteiger charge is -2.35. The standard InChI is InChI=1S/C18H28N2O4/c1-4-15(21)12-19-7-9-20(10-8-19)18(22)13-24-16-6-5-14(2)11-17(16)23-3/h5-6,11,15,21H,4,7-10,12-13H2,1-3H3. The number of nitrogens with zero attached hydrogens (tertiary/aromatic N) is 2. The van der Waals surface area contributed by atoms with Gasteiger partial charge < -0.3 is 19.5 Å². The number of hydrogen-bond donors (Lipinski definition) is 1. The van der Waals surface area contributed by atoms with Crippen molar-refractivity contribution in [1.29, 1.82) is 0 Å². The number of amides is 1. The van der Waals surface area contributed by atoms with Crippen LogP contribution in [0.2, 0.25) is 0 Å². The van der Waals surface area contributed by atoms with Crippen LogP contribution in [0.4, 0.5) is 0 Å². The van der Waals surface area contributed by atoms with Gasteiger partial charge in [-0.1, -0.05) is 13.0 Å². The molecule has 6 heteroatoms. The highest BCUT2D eigenvalue weighted by molar-refractivity contribution is 5.78. The number of aryl methyl sites for hydroxylation is 1. The molecule has 24 heavy (non-hydrogen) atoms. The van der Waals surface area contributed by atoms with Crippen LogP contribution in [0.25, 0.3) is 0 Å². The average molecular weight is 336 g/mol. The predicted molar refractivity (Wildman–Crippen MR) is 92.5 cm³/mol. The van der Waals surface area contributed by atoms with E-state index in [-0.39, 0.29) is 18.6 Å². The largest absolute Gasteiger partial charge is 0.493 e. The van der Waals surface area contributed by atoms with Crippen molar-refractivity contribution in [2.45, 2.75) is 26.4 Å². The first kappa shape index (κ1) is 18.5. The molecule has 0 bridgehead atoms. The minimum atomic E-state index is -0.287. The molecule has 0 saturated carbocycles. The van der Waals surface area contributed by atoms with E-state index in [1.165, 1.54) is 0 Å². The first-order valence-corrected chi connectivity index (χ1v) is 8.49. The third kappa shape index (κ3) is 5.11. The van der Waals surface area contributed by atoms with Crippen LogP contribution >= 0.6 is 0 Å². The second-order valence-corrected chi connectivity index (χ2v) is 6.19. The molecule has 2 rings (SSSR count). The number of piperazine rings is 1. The molecule has 1 N–H and O–H groups in total. The van der Waals surface area contributed by atoms with Crippen molar-refractivity contribution in [2.75, 3.05) is 46.4 Å². The van der Waals surface area contributed by atoms with E-state index in [0.717, 1.165) is 25.1 Å². The van der Waals surface area contributed by atoms with Gasteiger partial charge in [0, 0.05) is 32.7 Å². The molecule has 0 spiro atoms. The zero-order chi connectivity index (χ0) is 17.5. The van der Waals surface area contributed by atoms with E-state index in [9.17, 15) is 9.90 Å². The minimum absolute atomic E-state index is 0.0109. The molecule has 1 aliphatic heterocycles. The van der Waals surface area contributed by atoms with E-state index in [1.807, 2.05) is 36.9 Å². The van der Waals surface area contributed by atoms with Gasteiger partial charge >= 0.3 is 0 Å². The SMILES string of the molecule is CCC(O)CN1CCN(C(=O)COc2ccc(C)cc2OC)CC1. The summed E-state index contributed by atoms with van der Waals surface area (Å²) >= 11 is 0. The second-order valence-electron chi connectivity index (χ2n) is 6.19. The first-order chi connectivity index (χ1) is 11.5. The number of β-amino-alcohol motifs (C(OH)–C–C–N with tert-alkyl or cyclic N) is 1. The lowest BCUT2D eigenvalue weighted by Crippen LogP contribution is -2.51. The number of ether oxygens (including phenoxy) is 2. The molecule has 0 aromatic heterocycles. The average Bonchev–Trinajstić information content (AvgIpc) is 2.60. The van der Waals surface area contributed by atoms with Crippen LogP contribution in [0.5, 0.6) is 11.5 Å². The summed E-state index contributed by atoms with van der Waals surface area (Å²) in [4.78, 5) is 16.3. The Hall–Kier alpha value is -1.79. The van der Waals surface area contributed by atoms with Gasteiger partial charge in [0.2, 0.25) is 0 Å². The Labute approximate surface area is 144 Å². The summed E-state index contributed by atoms with van der Waals surface area (Å²) in [7, 11) is 1.59. The topological polar surface area (TPSA) is 62.2 Å². The number of methoxy groups -OCH3 is 1. The molecule has 1 atom stereocenters. The van der Waals surface area contributed by atoms with Gasteiger partial charge in [-0.15, -0.1) is 0 Å². The second kappa shape index (κ2) is 8.89. The van der Waals surface area contributed by atoms with Crippen molar-refractivity contribution in [1.82, 2.24) is 9.80 Å². The zero-order valence-electron chi connectivity index (χ0n) is 14.8. The summed E-state index contributed by atoms with van der Waals surface area (Å²) in [6.45, 7) is 7.56. The highest BCUT2D eigenvalue weighted by Gasteiger charge is 2.22. The molecule has 1 amide bonds. The third-order valence-electron chi connectivity index (χ3n) is 4.34. The molecule has 1 aliphatic rings. The maximum Gasteiger partial charge on any atom is 0.260 e. The first-order valence-electron chi connectivity index (χ1n) is 8.49. The Balaban J connectivity index is 1.80. The van der Waals surface area contributed by atoms with Crippen LogP contribution in [-0.2, 0) is 4.79 Å². The number of aliphatic hydroxyl groups is 1. The van der Waals surface area contributed by atoms with Crippen LogP contribution in [-0.4, -0.2) is 73.4 Å². The van der Waals surface area contributed by atoms with Crippen LogP contribution in [0.3, 0.4) is 0 Å². The molecule has 134 valence electrons. The van der Waals surface area contributed by atoms with Crippen molar-refractivity contribution < 1.29 is 19.4 Å². The third-order valence-corrected chi connectivity index (χ3v) is 4.34. The lowest BCUT2D eigenvalue weighted by molar-refractivity contribution is -0.135. The Kier molecular flexibility index (Phi) is 6.87. The zero-order valence-corrected chi connectivity index (χ0v) is 14.8. The van der Waals surface area contributed by atoms with E-state index < -0.39 is 0 Å². The Morgan fingerprint density at radius 3 is 2.58 bits per heavy atom. The van der Waals surface area contributed by atoms with Crippen LogP contribution in [0.1, 0.15) is 18.9 Å². The molecule has 1 saturated heterocycles. The van der Waals surface area contributed by atoms with E-state index in [1.54, 1.807) is 7.11 Å². The fraction of sp³-hybridized carbons (Fsp3) is 0.611. The molecule has 0 radical (unpaired) electrons. The van der Waals surface area contributed by atoms with Crippen molar-refractivity contribution >= 4 is 5.91 Å². The summed E-state index contributed by atoms with van der Waals surface area (Å²) in [5.41, 5.74) is 1.08. The van der Waals surface area contributed by atoms with Gasteiger partial charge in [0.1, 0.15) is 0 Å². The smallest absolute Gasteiger partial charge is 0.260 e. The number of benzene rings is 1. The van der Waals surface area contributed by atoms with Gasteiger partial charge in [0.25, 0.3) is 5.91 Å². The number of hydrogen-bond acceptors (Lipinski definition) is 5. The van der Waals surface area contributed by atoms with Crippen molar-refractivity contribution in [3.63, 3.8) is 0 Å². The maximum absolute atomic E-state index is 12.3. The highest BCUT2D eigenvalue weighted by atomic mass is 16.5. The molecule has 1 heterocycles. The van der Waals surface area contributed by atoms with Gasteiger partial charge in [0.15, 0.2) is 18.1 Å². The van der Waals surface area contributed by atoms with Crippen LogP contribution < -0.4 is 9.47 Å². The molecule has 1 fully saturated rings. The van der Waals surface area contributed by atoms with Gasteiger partial charge in [-0.3, -0.25) is 9.69 Å². The van der Waals surface area contributed by atoms with Gasteiger partial charge in [0.05, 0.1) is 13.2 Å². The minimum Gasteiger partial charge on any atom is -0.493 e. The van der Waals surface area contributed by atoms with Gasteiger partial charge in [-0.2, -0.15) is 0 Å². The van der Waals surface area contributed by atoms with Crippen molar-refractivity contribution in [3.05, 3.63) is 23.8 Å². The van der Waals surface area contributed by atoms with Crippen molar-refractivity contribution in [2.24, 2.45) is 0 Å². The van der Waals surface area contributed by atoms with Gasteiger partial charge in [-0.25, -0.2) is 0 Å². The summed E-state index contributed by atoms with van der Waals surface area (Å²) in [5.74, 6) is 1.20. The summed E-state index contributed by atoms with van der Waals surface area (Å²) in [6.07, 6.45) is 0.468. The number of carbonyl (C=O) groups is 1. The molecular weight excluding hydrogens is 308 g/mol. The predicted octanol–water partition coefficient (Wildman–Crippen LogP) is 1.30. The van der Waals surface area contributed by atoms with Crippen LogP contribution in [0.15, 0.2) is 18.2 Å². The van der Waals surface area contributed by atoms with E-state index in [0.29, 0.717) is 31.1 Å². The van der Waals surface area contributed by atoms with Crippen LogP contribution in [0, 0.1) is 6.92 Å². The normalized spacial score (nSPS) is 16.8. The molecule has 1 aromatic carbocycles. The molecule has 0 aliphatic carbocycles. The van der Waals surface area contributed by atoms with Crippen molar-refractivity contribution in [3.8, 4) is 11.5 Å². The summed E-state index contributed by atoms with van der Waals surface area (Å²) in [5, 5.41) is 9.71. The van der Waals surface area contributed by atoms with E-state index in [4.69, 9.17) is 9.47 Å². The highest BCUT2D eigenvalue weighted by Crippen LogP contribution is 2.27. The Morgan fingerprint density at radius 2 is 1.96 bits per heavy atom. The number of aliphatic hydroxyl groups excluding tert-OH is 1. The van der Waals surface area contributed by atoms with E-state index >= 15 is 0 Å². The summed E-state index contributed by atoms with van der Waals surface area (Å²) in [6, 6.07) is 5.64. The molecule has 1 unspecified atom stereocenters. The number of rotatable bonds is 7.